The molecule has 1 N–H and O–H groups in total. The van der Waals surface area contributed by atoms with Gasteiger partial charge < -0.3 is 10.1 Å². The topological polar surface area (TPSA) is 24.5 Å². The summed E-state index contributed by atoms with van der Waals surface area (Å²) < 4.78 is 5.86. The van der Waals surface area contributed by atoms with Crippen molar-refractivity contribution < 1.29 is 4.74 Å². The summed E-state index contributed by atoms with van der Waals surface area (Å²) >= 11 is 0. The van der Waals surface area contributed by atoms with Gasteiger partial charge in [0.2, 0.25) is 0 Å². The summed E-state index contributed by atoms with van der Waals surface area (Å²) in [5.74, 6) is 0.987. The lowest BCUT2D eigenvalue weighted by Crippen LogP contribution is -2.40. The summed E-state index contributed by atoms with van der Waals surface area (Å²) in [6.45, 7) is 9.60. The third kappa shape index (κ3) is 5.31. The monoisotopic (exact) mass is 298 g/mol. The maximum absolute atomic E-state index is 5.86. The molecule has 1 aliphatic rings. The zero-order chi connectivity index (χ0) is 13.5. The molecule has 20 heavy (non-hydrogen) atoms. The molecule has 0 amide bonds. The van der Waals surface area contributed by atoms with Crippen LogP contribution in [0.3, 0.4) is 0 Å². The Balaban J connectivity index is 0.00000200. The van der Waals surface area contributed by atoms with Crippen molar-refractivity contribution in [1.82, 2.24) is 10.2 Å². The molecule has 0 radical (unpaired) electrons. The average Bonchev–Trinajstić information content (AvgIpc) is 2.91. The van der Waals surface area contributed by atoms with Gasteiger partial charge in [-0.3, -0.25) is 4.90 Å². The average molecular weight is 299 g/mol. The largest absolute Gasteiger partial charge is 0.492 e. The second-order valence-corrected chi connectivity index (χ2v) is 5.35. The molecule has 0 saturated carbocycles. The third-order valence-electron chi connectivity index (χ3n) is 3.70. The molecule has 114 valence electrons. The highest BCUT2D eigenvalue weighted by Crippen LogP contribution is 2.13. The van der Waals surface area contributed by atoms with Crippen LogP contribution in [0.1, 0.15) is 25.3 Å². The molecule has 3 nitrogen and oxygen atoms in total. The van der Waals surface area contributed by atoms with E-state index in [2.05, 4.69) is 42.3 Å². The molecule has 0 aliphatic carbocycles. The molecule has 1 unspecified atom stereocenters. The lowest BCUT2D eigenvalue weighted by molar-refractivity contribution is 0.167. The quantitative estimate of drug-likeness (QED) is 0.838. The van der Waals surface area contributed by atoms with Gasteiger partial charge in [-0.15, -0.1) is 12.4 Å². The number of hydrogen-bond acceptors (Lipinski definition) is 3. The molecule has 0 spiro atoms. The Bertz CT molecular complexity index is 380. The molecule has 1 aromatic carbocycles. The highest BCUT2D eigenvalue weighted by molar-refractivity contribution is 5.85. The number of ether oxygens (including phenoxy) is 1. The van der Waals surface area contributed by atoms with Crippen molar-refractivity contribution in [2.45, 2.75) is 32.7 Å². The Morgan fingerprint density at radius 2 is 2.20 bits per heavy atom. The SMILES string of the molecule is CCCN(CCOc1cccc(C)c1)C1CCNC1.Cl. The minimum atomic E-state index is 0. The minimum absolute atomic E-state index is 0. The van der Waals surface area contributed by atoms with Crippen LogP contribution >= 0.6 is 12.4 Å². The number of nitrogens with zero attached hydrogens (tertiary/aromatic N) is 1. The van der Waals surface area contributed by atoms with E-state index >= 15 is 0 Å². The van der Waals surface area contributed by atoms with E-state index in [1.807, 2.05) is 6.07 Å². The summed E-state index contributed by atoms with van der Waals surface area (Å²) in [7, 11) is 0. The first-order valence-electron chi connectivity index (χ1n) is 7.44. The van der Waals surface area contributed by atoms with Crippen molar-refractivity contribution in [3.05, 3.63) is 29.8 Å². The number of nitrogens with one attached hydrogen (secondary N) is 1. The van der Waals surface area contributed by atoms with Gasteiger partial charge >= 0.3 is 0 Å². The lowest BCUT2D eigenvalue weighted by atomic mass is 10.2. The minimum Gasteiger partial charge on any atom is -0.492 e. The molecule has 1 aliphatic heterocycles. The Hall–Kier alpha value is -0.770. The summed E-state index contributed by atoms with van der Waals surface area (Å²) in [6.07, 6.45) is 2.48. The van der Waals surface area contributed by atoms with E-state index in [4.69, 9.17) is 4.74 Å². The third-order valence-corrected chi connectivity index (χ3v) is 3.70. The summed E-state index contributed by atoms with van der Waals surface area (Å²) in [6, 6.07) is 8.98. The fourth-order valence-corrected chi connectivity index (χ4v) is 2.70. The Kier molecular flexibility index (Phi) is 7.97. The van der Waals surface area contributed by atoms with Crippen LogP contribution in [0.15, 0.2) is 24.3 Å². The molecule has 1 aromatic rings. The molecule has 1 fully saturated rings. The van der Waals surface area contributed by atoms with Gasteiger partial charge in [0.15, 0.2) is 0 Å². The van der Waals surface area contributed by atoms with Crippen molar-refractivity contribution >= 4 is 12.4 Å². The van der Waals surface area contributed by atoms with E-state index in [1.165, 1.54) is 24.9 Å². The Morgan fingerprint density at radius 1 is 1.35 bits per heavy atom. The first-order valence-corrected chi connectivity index (χ1v) is 7.44. The zero-order valence-corrected chi connectivity index (χ0v) is 13.4. The van der Waals surface area contributed by atoms with E-state index < -0.39 is 0 Å². The van der Waals surface area contributed by atoms with Crippen LogP contribution in [0.2, 0.25) is 0 Å². The summed E-state index contributed by atoms with van der Waals surface area (Å²) in [5.41, 5.74) is 1.25. The predicted octanol–water partition coefficient (Wildman–Crippen LogP) is 2.87. The van der Waals surface area contributed by atoms with Crippen molar-refractivity contribution in [3.63, 3.8) is 0 Å². The van der Waals surface area contributed by atoms with Gasteiger partial charge in [0.1, 0.15) is 12.4 Å². The predicted molar refractivity (Wildman–Crippen MR) is 87.1 cm³/mol. The highest BCUT2D eigenvalue weighted by atomic mass is 35.5. The lowest BCUT2D eigenvalue weighted by Gasteiger charge is -2.27. The number of halogens is 1. The summed E-state index contributed by atoms with van der Waals surface area (Å²) in [5, 5.41) is 3.44. The maximum Gasteiger partial charge on any atom is 0.119 e. The van der Waals surface area contributed by atoms with E-state index in [1.54, 1.807) is 0 Å². The van der Waals surface area contributed by atoms with Gasteiger partial charge in [-0.2, -0.15) is 0 Å². The molecular formula is C16H27ClN2O. The molecule has 1 heterocycles. The first-order chi connectivity index (χ1) is 9.29. The van der Waals surface area contributed by atoms with Crippen molar-refractivity contribution in [3.8, 4) is 5.75 Å². The number of aryl methyl sites for hydroxylation is 1. The van der Waals surface area contributed by atoms with Gasteiger partial charge in [-0.1, -0.05) is 19.1 Å². The van der Waals surface area contributed by atoms with Crippen LogP contribution in [0.4, 0.5) is 0 Å². The number of hydrogen-bond donors (Lipinski definition) is 1. The van der Waals surface area contributed by atoms with Crippen LogP contribution in [0.25, 0.3) is 0 Å². The normalized spacial score (nSPS) is 18.1. The molecular weight excluding hydrogens is 272 g/mol. The zero-order valence-electron chi connectivity index (χ0n) is 12.6. The molecule has 0 aromatic heterocycles. The van der Waals surface area contributed by atoms with Crippen molar-refractivity contribution in [1.29, 1.82) is 0 Å². The smallest absolute Gasteiger partial charge is 0.119 e. The van der Waals surface area contributed by atoms with Crippen LogP contribution in [-0.4, -0.2) is 43.7 Å². The van der Waals surface area contributed by atoms with Gasteiger partial charge in [0.25, 0.3) is 0 Å². The fraction of sp³-hybridized carbons (Fsp3) is 0.625. The van der Waals surface area contributed by atoms with Gasteiger partial charge in [-0.05, 0) is 50.6 Å². The Labute approximate surface area is 129 Å². The van der Waals surface area contributed by atoms with Gasteiger partial charge in [-0.25, -0.2) is 0 Å². The van der Waals surface area contributed by atoms with Crippen LogP contribution in [-0.2, 0) is 0 Å². The number of benzene rings is 1. The second-order valence-electron chi connectivity index (χ2n) is 5.35. The van der Waals surface area contributed by atoms with Gasteiger partial charge in [0, 0.05) is 19.1 Å². The van der Waals surface area contributed by atoms with Crippen LogP contribution < -0.4 is 10.1 Å². The van der Waals surface area contributed by atoms with Crippen molar-refractivity contribution in [2.75, 3.05) is 32.8 Å². The summed E-state index contributed by atoms with van der Waals surface area (Å²) in [4.78, 5) is 2.57. The molecule has 0 bridgehead atoms. The van der Waals surface area contributed by atoms with Crippen LogP contribution in [0, 0.1) is 6.92 Å². The second kappa shape index (κ2) is 9.22. The maximum atomic E-state index is 5.86. The first kappa shape index (κ1) is 17.3. The molecule has 1 atom stereocenters. The number of rotatable bonds is 7. The van der Waals surface area contributed by atoms with E-state index in [9.17, 15) is 0 Å². The molecule has 4 heteroatoms. The van der Waals surface area contributed by atoms with Crippen molar-refractivity contribution in [2.24, 2.45) is 0 Å². The molecule has 2 rings (SSSR count). The Morgan fingerprint density at radius 3 is 2.85 bits per heavy atom. The standard InChI is InChI=1S/C16H26N2O.ClH/c1-3-9-18(15-7-8-17-13-15)10-11-19-16-6-4-5-14(2)12-16;/h4-6,12,15,17H,3,7-11,13H2,1-2H3;1H. The van der Waals surface area contributed by atoms with E-state index in [-0.39, 0.29) is 12.4 Å². The van der Waals surface area contributed by atoms with Crippen LogP contribution in [0.5, 0.6) is 5.75 Å². The fourth-order valence-electron chi connectivity index (χ4n) is 2.70. The van der Waals surface area contributed by atoms with E-state index in [0.29, 0.717) is 6.04 Å². The van der Waals surface area contributed by atoms with Gasteiger partial charge in [0.05, 0.1) is 0 Å². The molecule has 1 saturated heterocycles. The van der Waals surface area contributed by atoms with E-state index in [0.717, 1.165) is 32.0 Å². The highest BCUT2D eigenvalue weighted by Gasteiger charge is 2.21.